The fourth-order valence-electron chi connectivity index (χ4n) is 5.16. The van der Waals surface area contributed by atoms with Crippen molar-refractivity contribution in [3.05, 3.63) is 76.5 Å². The summed E-state index contributed by atoms with van der Waals surface area (Å²) >= 11 is 0. The summed E-state index contributed by atoms with van der Waals surface area (Å²) in [6.45, 7) is 4.51. The Balaban J connectivity index is 1.81. The Morgan fingerprint density at radius 3 is 2.76 bits per heavy atom. The zero-order valence-electron chi connectivity index (χ0n) is 21.1. The maximum absolute atomic E-state index is 14.2. The van der Waals surface area contributed by atoms with Crippen LogP contribution in [0.25, 0.3) is 11.3 Å². The van der Waals surface area contributed by atoms with Crippen LogP contribution in [0, 0.1) is 11.6 Å². The zero-order chi connectivity index (χ0) is 26.6. The second-order valence-corrected chi connectivity index (χ2v) is 9.64. The van der Waals surface area contributed by atoms with Crippen LogP contribution in [-0.4, -0.2) is 40.9 Å². The number of hydrogen-bond donors (Lipinski definition) is 4. The van der Waals surface area contributed by atoms with Gasteiger partial charge in [-0.1, -0.05) is 35.5 Å². The van der Waals surface area contributed by atoms with Crippen molar-refractivity contribution in [3.63, 3.8) is 0 Å². The summed E-state index contributed by atoms with van der Waals surface area (Å²) in [5.74, 6) is -2.48. The highest BCUT2D eigenvalue weighted by Gasteiger charge is 2.44. The maximum Gasteiger partial charge on any atom is 0.216 e. The Bertz CT molecular complexity index is 1250. The van der Waals surface area contributed by atoms with Gasteiger partial charge in [-0.05, 0) is 62.4 Å². The van der Waals surface area contributed by atoms with Crippen LogP contribution >= 0.6 is 0 Å². The molecule has 4 rings (SSSR count). The van der Waals surface area contributed by atoms with E-state index < -0.39 is 29.3 Å². The standard InChI is InChI=1S/C28H33F2N3O4/c1-17(34)25-26(33-37-27(25)21-8-4-3-7-19(21)11-14-32-18(2)35)22-16-31-13-6-5-12-28(22,36)20-9-10-23(29)24(30)15-20/h3-4,7-10,15,17,22,31,34,36H,5-6,11-14,16H2,1-2H3,(H,32,35). The van der Waals surface area contributed by atoms with Crippen molar-refractivity contribution in [2.75, 3.05) is 19.6 Å². The Labute approximate surface area is 214 Å². The molecule has 0 saturated carbocycles. The third kappa shape index (κ3) is 5.74. The SMILES string of the molecule is CC(=O)NCCc1ccccc1-c1onc(C2CNCCCCC2(O)c2ccc(F)c(F)c2)c1C(C)O. The fourth-order valence-corrected chi connectivity index (χ4v) is 5.16. The van der Waals surface area contributed by atoms with Crippen LogP contribution in [0.4, 0.5) is 8.78 Å². The van der Waals surface area contributed by atoms with Gasteiger partial charge in [0.25, 0.3) is 0 Å². The highest BCUT2D eigenvalue weighted by molar-refractivity contribution is 5.73. The number of amides is 1. The third-order valence-electron chi connectivity index (χ3n) is 7.04. The van der Waals surface area contributed by atoms with Crippen molar-refractivity contribution >= 4 is 5.91 Å². The van der Waals surface area contributed by atoms with E-state index in [1.165, 1.54) is 13.0 Å². The van der Waals surface area contributed by atoms with Crippen molar-refractivity contribution in [2.45, 2.75) is 57.2 Å². The van der Waals surface area contributed by atoms with Crippen LogP contribution in [0.15, 0.2) is 47.0 Å². The van der Waals surface area contributed by atoms with Crippen molar-refractivity contribution in [1.82, 2.24) is 15.8 Å². The van der Waals surface area contributed by atoms with E-state index in [0.29, 0.717) is 49.4 Å². The van der Waals surface area contributed by atoms with E-state index in [-0.39, 0.29) is 11.5 Å². The van der Waals surface area contributed by atoms with Crippen LogP contribution in [0.3, 0.4) is 0 Å². The first-order valence-electron chi connectivity index (χ1n) is 12.6. The number of nitrogens with one attached hydrogen (secondary N) is 2. The molecule has 3 atom stereocenters. The number of halogens is 2. The molecule has 198 valence electrons. The third-order valence-corrected chi connectivity index (χ3v) is 7.04. The molecule has 1 amide bonds. The molecule has 2 heterocycles. The van der Waals surface area contributed by atoms with E-state index in [0.717, 1.165) is 36.2 Å². The molecule has 3 unspecified atom stereocenters. The number of aromatic nitrogens is 1. The van der Waals surface area contributed by atoms with Gasteiger partial charge in [0.05, 0.1) is 28.9 Å². The Morgan fingerprint density at radius 1 is 1.24 bits per heavy atom. The van der Waals surface area contributed by atoms with Crippen molar-refractivity contribution in [1.29, 1.82) is 0 Å². The summed E-state index contributed by atoms with van der Waals surface area (Å²) < 4.78 is 33.8. The predicted octanol–water partition coefficient (Wildman–Crippen LogP) is 4.10. The van der Waals surface area contributed by atoms with Crippen LogP contribution in [0.2, 0.25) is 0 Å². The van der Waals surface area contributed by atoms with Gasteiger partial charge in [0, 0.05) is 25.6 Å². The number of aliphatic hydroxyl groups excluding tert-OH is 1. The van der Waals surface area contributed by atoms with Gasteiger partial charge < -0.3 is 25.4 Å². The molecule has 2 aromatic carbocycles. The summed E-state index contributed by atoms with van der Waals surface area (Å²) in [7, 11) is 0. The minimum atomic E-state index is -1.58. The van der Waals surface area contributed by atoms with E-state index in [4.69, 9.17) is 4.52 Å². The van der Waals surface area contributed by atoms with Crippen LogP contribution in [-0.2, 0) is 16.8 Å². The lowest BCUT2D eigenvalue weighted by atomic mass is 9.73. The first-order valence-corrected chi connectivity index (χ1v) is 12.6. The number of aliphatic hydroxyl groups is 2. The lowest BCUT2D eigenvalue weighted by Crippen LogP contribution is -2.42. The Morgan fingerprint density at radius 2 is 2.03 bits per heavy atom. The zero-order valence-corrected chi connectivity index (χ0v) is 21.1. The van der Waals surface area contributed by atoms with Crippen molar-refractivity contribution in [2.24, 2.45) is 0 Å². The molecule has 3 aromatic rings. The number of carbonyl (C=O) groups is 1. The van der Waals surface area contributed by atoms with Gasteiger partial charge in [0.15, 0.2) is 17.4 Å². The average Bonchev–Trinajstić information content (AvgIpc) is 3.28. The van der Waals surface area contributed by atoms with Gasteiger partial charge in [-0.3, -0.25) is 4.79 Å². The number of benzene rings is 2. The molecule has 37 heavy (non-hydrogen) atoms. The second kappa shape index (κ2) is 11.5. The smallest absolute Gasteiger partial charge is 0.216 e. The average molecular weight is 514 g/mol. The topological polar surface area (TPSA) is 108 Å². The molecule has 0 radical (unpaired) electrons. The van der Waals surface area contributed by atoms with Crippen LogP contribution < -0.4 is 10.6 Å². The van der Waals surface area contributed by atoms with Gasteiger partial charge >= 0.3 is 0 Å². The quantitative estimate of drug-likeness (QED) is 0.379. The molecule has 4 N–H and O–H groups in total. The number of rotatable bonds is 7. The molecule has 0 spiro atoms. The van der Waals surface area contributed by atoms with Gasteiger partial charge in [-0.2, -0.15) is 0 Å². The Kier molecular flexibility index (Phi) is 8.36. The minimum Gasteiger partial charge on any atom is -0.388 e. The molecular weight excluding hydrogens is 480 g/mol. The highest BCUT2D eigenvalue weighted by Crippen LogP contribution is 2.45. The van der Waals surface area contributed by atoms with E-state index in [9.17, 15) is 23.8 Å². The highest BCUT2D eigenvalue weighted by atomic mass is 19.2. The van der Waals surface area contributed by atoms with Crippen LogP contribution in [0.5, 0.6) is 0 Å². The molecule has 1 fully saturated rings. The normalized spacial score (nSPS) is 21.2. The number of hydrogen-bond acceptors (Lipinski definition) is 6. The van der Waals surface area contributed by atoms with Crippen molar-refractivity contribution < 1.29 is 28.3 Å². The Hall–Kier alpha value is -3.14. The lowest BCUT2D eigenvalue weighted by Gasteiger charge is -2.38. The summed E-state index contributed by atoms with van der Waals surface area (Å²) in [5.41, 5.74) is 1.08. The summed E-state index contributed by atoms with van der Waals surface area (Å²) in [6, 6.07) is 10.9. The molecule has 1 saturated heterocycles. The second-order valence-electron chi connectivity index (χ2n) is 9.64. The first-order chi connectivity index (χ1) is 17.7. The minimum absolute atomic E-state index is 0.127. The van der Waals surface area contributed by atoms with E-state index >= 15 is 0 Å². The van der Waals surface area contributed by atoms with Gasteiger partial charge in [-0.25, -0.2) is 8.78 Å². The fraction of sp³-hybridized carbons (Fsp3) is 0.429. The summed E-state index contributed by atoms with van der Waals surface area (Å²) in [5, 5.41) is 33.4. The molecule has 9 heteroatoms. The molecule has 0 aliphatic carbocycles. The maximum atomic E-state index is 14.2. The first kappa shape index (κ1) is 26.9. The summed E-state index contributed by atoms with van der Waals surface area (Å²) in [4.78, 5) is 11.3. The van der Waals surface area contributed by atoms with E-state index in [2.05, 4.69) is 15.8 Å². The number of carbonyl (C=O) groups excluding carboxylic acids is 1. The molecule has 7 nitrogen and oxygen atoms in total. The summed E-state index contributed by atoms with van der Waals surface area (Å²) in [6.07, 6.45) is 1.32. The van der Waals surface area contributed by atoms with E-state index in [1.807, 2.05) is 24.3 Å². The molecule has 1 aliphatic heterocycles. The predicted molar refractivity (Wildman–Crippen MR) is 135 cm³/mol. The van der Waals surface area contributed by atoms with Gasteiger partial charge in [0.2, 0.25) is 5.91 Å². The molecule has 0 bridgehead atoms. The molecular formula is C28H33F2N3O4. The molecule has 1 aliphatic rings. The van der Waals surface area contributed by atoms with Gasteiger partial charge in [0.1, 0.15) is 0 Å². The van der Waals surface area contributed by atoms with Crippen LogP contribution in [0.1, 0.15) is 67.5 Å². The lowest BCUT2D eigenvalue weighted by molar-refractivity contribution is -0.118. The molecule has 1 aromatic heterocycles. The largest absolute Gasteiger partial charge is 0.388 e. The monoisotopic (exact) mass is 513 g/mol. The van der Waals surface area contributed by atoms with Crippen molar-refractivity contribution in [3.8, 4) is 11.3 Å². The van der Waals surface area contributed by atoms with Gasteiger partial charge in [-0.15, -0.1) is 0 Å². The number of nitrogens with zero attached hydrogens (tertiary/aromatic N) is 1. The van der Waals surface area contributed by atoms with E-state index in [1.54, 1.807) is 6.92 Å².